The molecule has 0 spiro atoms. The van der Waals surface area contributed by atoms with Crippen LogP contribution in [-0.2, 0) is 30.8 Å². The van der Waals surface area contributed by atoms with Gasteiger partial charge in [-0.05, 0) is 24.6 Å². The number of carbonyl (C=O) groups excluding carboxylic acids is 1. The first-order valence-corrected chi connectivity index (χ1v) is 11.8. The van der Waals surface area contributed by atoms with Gasteiger partial charge >= 0.3 is 6.18 Å². The molecule has 1 heterocycles. The second-order valence-electron chi connectivity index (χ2n) is 6.24. The normalized spacial score (nSPS) is 19.7. The molecule has 1 amide bonds. The Bertz CT molecular complexity index is 964. The fourth-order valence-electron chi connectivity index (χ4n) is 2.74. The van der Waals surface area contributed by atoms with E-state index < -0.39 is 60.0 Å². The minimum atomic E-state index is -4.84. The lowest BCUT2D eigenvalue weighted by Crippen LogP contribution is -2.44. The van der Waals surface area contributed by atoms with Crippen molar-refractivity contribution >= 4 is 37.4 Å². The predicted octanol–water partition coefficient (Wildman–Crippen LogP) is 1.67. The van der Waals surface area contributed by atoms with E-state index in [1.807, 2.05) is 0 Å². The van der Waals surface area contributed by atoms with Crippen molar-refractivity contribution in [2.75, 3.05) is 24.6 Å². The van der Waals surface area contributed by atoms with Crippen LogP contribution in [0.3, 0.4) is 0 Å². The van der Waals surface area contributed by atoms with Crippen LogP contribution in [0, 0.1) is 0 Å². The Balaban J connectivity index is 2.20. The summed E-state index contributed by atoms with van der Waals surface area (Å²) in [4.78, 5) is 11.5. The maximum Gasteiger partial charge on any atom is 0.417 e. The van der Waals surface area contributed by atoms with Crippen molar-refractivity contribution < 1.29 is 34.8 Å². The molecule has 0 unspecified atom stereocenters. The van der Waals surface area contributed by atoms with Gasteiger partial charge in [0.1, 0.15) is 0 Å². The molecule has 1 fully saturated rings. The van der Waals surface area contributed by atoms with Crippen LogP contribution in [0.1, 0.15) is 18.9 Å². The van der Waals surface area contributed by atoms with E-state index >= 15 is 0 Å². The highest BCUT2D eigenvalue weighted by Crippen LogP contribution is 2.36. The van der Waals surface area contributed by atoms with Gasteiger partial charge in [0.2, 0.25) is 15.9 Å². The zero-order chi connectivity index (χ0) is 21.3. The molecule has 2 rings (SSSR count). The Morgan fingerprint density at radius 3 is 2.50 bits per heavy atom. The lowest BCUT2D eigenvalue weighted by molar-refractivity contribution is -0.137. The van der Waals surface area contributed by atoms with Gasteiger partial charge in [-0.1, -0.05) is 18.5 Å². The Morgan fingerprint density at radius 2 is 2.00 bits per heavy atom. The van der Waals surface area contributed by atoms with Gasteiger partial charge in [0.05, 0.1) is 33.5 Å². The minimum absolute atomic E-state index is 0.0707. The fraction of sp³-hybridized carbons (Fsp3) is 0.533. The van der Waals surface area contributed by atoms with Gasteiger partial charge in [-0.3, -0.25) is 4.79 Å². The first-order valence-electron chi connectivity index (χ1n) is 8.13. The van der Waals surface area contributed by atoms with Crippen LogP contribution in [0.15, 0.2) is 23.1 Å². The lowest BCUT2D eigenvalue weighted by Gasteiger charge is -2.22. The van der Waals surface area contributed by atoms with Crippen molar-refractivity contribution in [3.8, 4) is 0 Å². The van der Waals surface area contributed by atoms with E-state index in [1.165, 1.54) is 6.92 Å². The number of hydrogen-bond donors (Lipinski definition) is 1. The van der Waals surface area contributed by atoms with E-state index in [-0.39, 0.29) is 24.5 Å². The number of nitrogens with zero attached hydrogens (tertiary/aromatic N) is 1. The van der Waals surface area contributed by atoms with Crippen LogP contribution in [0.25, 0.3) is 0 Å². The summed E-state index contributed by atoms with van der Waals surface area (Å²) in [7, 11) is -7.64. The number of halogens is 4. The van der Waals surface area contributed by atoms with E-state index in [0.29, 0.717) is 10.4 Å². The van der Waals surface area contributed by atoms with Crippen LogP contribution in [0.5, 0.6) is 0 Å². The molecule has 158 valence electrons. The Kier molecular flexibility index (Phi) is 6.68. The molecule has 1 aromatic rings. The van der Waals surface area contributed by atoms with Crippen molar-refractivity contribution in [2.24, 2.45) is 0 Å². The molecule has 0 aromatic heterocycles. The molecular weight excluding hydrogens is 445 g/mol. The third-order valence-corrected chi connectivity index (χ3v) is 8.17. The second kappa shape index (κ2) is 8.17. The SMILES string of the molecule is CCN(CC(=O)N[C@@H]1CCS(=O)(=O)C1)S(=O)(=O)c1ccc(Cl)c(C(F)(F)F)c1. The summed E-state index contributed by atoms with van der Waals surface area (Å²) in [5, 5.41) is 1.80. The van der Waals surface area contributed by atoms with Crippen molar-refractivity contribution in [3.63, 3.8) is 0 Å². The van der Waals surface area contributed by atoms with Gasteiger partial charge in [-0.25, -0.2) is 16.8 Å². The molecule has 28 heavy (non-hydrogen) atoms. The number of nitrogens with one attached hydrogen (secondary N) is 1. The Labute approximate surface area is 165 Å². The molecule has 13 heteroatoms. The number of amides is 1. The third-order valence-electron chi connectivity index (χ3n) is 4.15. The number of likely N-dealkylation sites (N-methyl/N-ethyl adjacent to an activating group) is 1. The number of alkyl halides is 3. The lowest BCUT2D eigenvalue weighted by atomic mass is 10.2. The summed E-state index contributed by atoms with van der Waals surface area (Å²) in [5.74, 6) is -1.04. The van der Waals surface area contributed by atoms with E-state index in [4.69, 9.17) is 11.6 Å². The number of carbonyl (C=O) groups is 1. The van der Waals surface area contributed by atoms with Gasteiger partial charge in [0, 0.05) is 12.6 Å². The van der Waals surface area contributed by atoms with Gasteiger partial charge in [-0.15, -0.1) is 0 Å². The second-order valence-corrected chi connectivity index (χ2v) is 10.8. The molecule has 1 aliphatic heterocycles. The predicted molar refractivity (Wildman–Crippen MR) is 96.1 cm³/mol. The number of sulfone groups is 1. The highest BCUT2D eigenvalue weighted by molar-refractivity contribution is 7.91. The molecule has 1 aromatic carbocycles. The van der Waals surface area contributed by atoms with Crippen LogP contribution >= 0.6 is 11.6 Å². The van der Waals surface area contributed by atoms with Crippen molar-refractivity contribution in [1.29, 1.82) is 0 Å². The Hall–Kier alpha value is -1.37. The van der Waals surface area contributed by atoms with Gasteiger partial charge in [0.25, 0.3) is 0 Å². The first-order chi connectivity index (χ1) is 12.8. The summed E-state index contributed by atoms with van der Waals surface area (Å²) in [5.41, 5.74) is -1.30. The number of sulfonamides is 1. The number of hydrogen-bond acceptors (Lipinski definition) is 5. The third kappa shape index (κ3) is 5.37. The fourth-order valence-corrected chi connectivity index (χ4v) is 6.07. The number of rotatable bonds is 6. The molecule has 0 saturated carbocycles. The van der Waals surface area contributed by atoms with Crippen LogP contribution in [-0.4, -0.2) is 57.7 Å². The summed E-state index contributed by atoms with van der Waals surface area (Å²) in [6, 6.07) is 1.55. The highest BCUT2D eigenvalue weighted by Gasteiger charge is 2.36. The highest BCUT2D eigenvalue weighted by atomic mass is 35.5. The zero-order valence-electron chi connectivity index (χ0n) is 14.7. The molecule has 0 bridgehead atoms. The van der Waals surface area contributed by atoms with Crippen LogP contribution in [0.4, 0.5) is 13.2 Å². The smallest absolute Gasteiger partial charge is 0.351 e. The molecule has 1 N–H and O–H groups in total. The molecule has 7 nitrogen and oxygen atoms in total. The summed E-state index contributed by atoms with van der Waals surface area (Å²) >= 11 is 5.51. The van der Waals surface area contributed by atoms with Crippen LogP contribution < -0.4 is 5.32 Å². The van der Waals surface area contributed by atoms with Gasteiger partial charge in [0.15, 0.2) is 9.84 Å². The molecule has 1 aliphatic rings. The summed E-state index contributed by atoms with van der Waals surface area (Å²) < 4.78 is 87.9. The van der Waals surface area contributed by atoms with E-state index in [9.17, 15) is 34.8 Å². The quantitative estimate of drug-likeness (QED) is 0.693. The topological polar surface area (TPSA) is 101 Å². The average molecular weight is 463 g/mol. The number of benzene rings is 1. The van der Waals surface area contributed by atoms with E-state index in [0.717, 1.165) is 12.1 Å². The molecular formula is C15H18ClF3N2O5S2. The standard InChI is InChI=1S/C15H18ClF3N2O5S2/c1-2-21(8-14(22)20-10-5-6-27(23,24)9-10)28(25,26)11-3-4-13(16)12(7-11)15(17,18)19/h3-4,7,10H,2,5-6,8-9H2,1H3,(H,20,22)/t10-/m1/s1. The van der Waals surface area contributed by atoms with Crippen molar-refractivity contribution in [2.45, 2.75) is 30.5 Å². The Morgan fingerprint density at radius 1 is 1.36 bits per heavy atom. The maximum absolute atomic E-state index is 13.0. The van der Waals surface area contributed by atoms with Crippen molar-refractivity contribution in [1.82, 2.24) is 9.62 Å². The molecule has 1 atom stereocenters. The maximum atomic E-state index is 13.0. The summed E-state index contributed by atoms with van der Waals surface area (Å²) in [6.07, 6.45) is -4.62. The molecule has 1 saturated heterocycles. The zero-order valence-corrected chi connectivity index (χ0v) is 17.1. The molecule has 0 aliphatic carbocycles. The first kappa shape index (κ1) is 22.9. The molecule has 0 radical (unpaired) electrons. The average Bonchev–Trinajstić information content (AvgIpc) is 2.90. The van der Waals surface area contributed by atoms with E-state index in [2.05, 4.69) is 5.32 Å². The monoisotopic (exact) mass is 462 g/mol. The van der Waals surface area contributed by atoms with Gasteiger partial charge in [-0.2, -0.15) is 17.5 Å². The van der Waals surface area contributed by atoms with Crippen molar-refractivity contribution in [3.05, 3.63) is 28.8 Å². The van der Waals surface area contributed by atoms with Gasteiger partial charge < -0.3 is 5.32 Å². The van der Waals surface area contributed by atoms with Crippen LogP contribution in [0.2, 0.25) is 5.02 Å². The van der Waals surface area contributed by atoms with E-state index in [1.54, 1.807) is 0 Å². The summed E-state index contributed by atoms with van der Waals surface area (Å²) in [6.45, 7) is 0.591. The minimum Gasteiger partial charge on any atom is -0.351 e. The largest absolute Gasteiger partial charge is 0.417 e.